The van der Waals surface area contributed by atoms with Gasteiger partial charge in [0.1, 0.15) is 23.8 Å². The molecule has 10 heteroatoms. The number of carbonyl (C=O) groups is 1. The molecule has 1 aliphatic heterocycles. The van der Waals surface area contributed by atoms with Crippen LogP contribution in [0.25, 0.3) is 0 Å². The zero-order valence-electron chi connectivity index (χ0n) is 17.1. The van der Waals surface area contributed by atoms with E-state index < -0.39 is 12.0 Å². The Morgan fingerprint density at radius 3 is 2.55 bits per heavy atom. The number of aliphatic imine (C=N–C) groups is 1. The highest BCUT2D eigenvalue weighted by atomic mass is 16.6. The molecule has 0 saturated carbocycles. The van der Waals surface area contributed by atoms with Crippen LogP contribution in [0.4, 0.5) is 0 Å². The van der Waals surface area contributed by atoms with Crippen molar-refractivity contribution in [2.24, 2.45) is 4.99 Å². The van der Waals surface area contributed by atoms with Crippen LogP contribution in [0.2, 0.25) is 0 Å². The van der Waals surface area contributed by atoms with Crippen molar-refractivity contribution < 1.29 is 33.6 Å². The molecule has 0 radical (unpaired) electrons. The molecule has 1 aromatic rings. The Kier molecular flexibility index (Phi) is 9.62. The summed E-state index contributed by atoms with van der Waals surface area (Å²) in [6.45, 7) is 5.15. The predicted octanol–water partition coefficient (Wildman–Crippen LogP) is 0.469. The van der Waals surface area contributed by atoms with Crippen molar-refractivity contribution in [3.63, 3.8) is 0 Å². The summed E-state index contributed by atoms with van der Waals surface area (Å²) in [5.74, 6) is 0.376. The first kappa shape index (κ1) is 22.9. The maximum absolute atomic E-state index is 11.9. The van der Waals surface area contributed by atoms with Crippen LogP contribution in [0.3, 0.4) is 0 Å². The minimum Gasteiger partial charge on any atom is -0.505 e. The molecule has 1 N–H and O–H groups in total. The molecule has 0 bridgehead atoms. The van der Waals surface area contributed by atoms with Gasteiger partial charge in [-0.15, -0.1) is 0 Å². The number of aromatic nitrogens is 1. The summed E-state index contributed by atoms with van der Waals surface area (Å²) in [4.78, 5) is 22.2. The van der Waals surface area contributed by atoms with Gasteiger partial charge in [0.25, 0.3) is 0 Å². The van der Waals surface area contributed by atoms with Crippen molar-refractivity contribution in [1.82, 2.24) is 9.88 Å². The number of ether oxygens (including phenoxy) is 5. The summed E-state index contributed by atoms with van der Waals surface area (Å²) in [5, 5.41) is 10.3. The number of likely N-dealkylation sites (N-methyl/N-ethyl adjacent to an activating group) is 1. The molecule has 162 valence electrons. The average molecular weight is 411 g/mol. The number of amidine groups is 1. The van der Waals surface area contributed by atoms with E-state index in [-0.39, 0.29) is 11.4 Å². The summed E-state index contributed by atoms with van der Waals surface area (Å²) in [7, 11) is 3.40. The van der Waals surface area contributed by atoms with Crippen LogP contribution < -0.4 is 4.74 Å². The number of nitrogens with zero attached hydrogens (tertiary/aromatic N) is 3. The first-order valence-electron chi connectivity index (χ1n) is 9.49. The molecular weight excluding hydrogens is 382 g/mol. The number of aromatic hydroxyl groups is 1. The Bertz CT molecular complexity index is 684. The van der Waals surface area contributed by atoms with Crippen molar-refractivity contribution >= 4 is 11.8 Å². The summed E-state index contributed by atoms with van der Waals surface area (Å²) in [6.07, 6.45) is 1.50. The van der Waals surface area contributed by atoms with Gasteiger partial charge >= 0.3 is 5.97 Å². The molecule has 1 atom stereocenters. The van der Waals surface area contributed by atoms with Crippen LogP contribution >= 0.6 is 0 Å². The Morgan fingerprint density at radius 2 is 1.90 bits per heavy atom. The van der Waals surface area contributed by atoms with Crippen LogP contribution in [0.15, 0.2) is 17.3 Å². The van der Waals surface area contributed by atoms with E-state index in [0.717, 1.165) is 0 Å². The molecule has 0 fully saturated rings. The van der Waals surface area contributed by atoms with E-state index in [0.29, 0.717) is 64.4 Å². The lowest BCUT2D eigenvalue weighted by Gasteiger charge is -2.15. The Hall–Kier alpha value is -2.43. The summed E-state index contributed by atoms with van der Waals surface area (Å²) in [6, 6.07) is 0.840. The minimum absolute atomic E-state index is 0.0786. The molecule has 0 aromatic carbocycles. The van der Waals surface area contributed by atoms with Crippen LogP contribution in [0.5, 0.6) is 11.5 Å². The smallest absolute Gasteiger partial charge is 0.332 e. The number of hydrogen-bond acceptors (Lipinski definition) is 10. The fourth-order valence-electron chi connectivity index (χ4n) is 2.61. The van der Waals surface area contributed by atoms with E-state index in [4.69, 9.17) is 23.7 Å². The monoisotopic (exact) mass is 411 g/mol. The van der Waals surface area contributed by atoms with Crippen LogP contribution in [0.1, 0.15) is 12.6 Å². The van der Waals surface area contributed by atoms with Gasteiger partial charge in [-0.2, -0.15) is 0 Å². The van der Waals surface area contributed by atoms with Crippen molar-refractivity contribution in [2.45, 2.75) is 13.0 Å². The Balaban J connectivity index is 1.80. The summed E-state index contributed by atoms with van der Waals surface area (Å²) >= 11 is 0. The molecule has 2 rings (SSSR count). The van der Waals surface area contributed by atoms with Crippen LogP contribution in [0, 0.1) is 0 Å². The van der Waals surface area contributed by atoms with Crippen LogP contribution in [-0.4, -0.2) is 99.8 Å². The standard InChI is InChI=1S/C19H29N3O7/c1-4-28-19(24)15-13-22(2)18(21-15)17-16(23)11-14(12-20-17)29-10-9-27-8-7-26-6-5-25-3/h11-12,15,23H,4-10,13H2,1-3H3/t15-/m1/s1. The molecule has 10 nitrogen and oxygen atoms in total. The third-order valence-corrected chi connectivity index (χ3v) is 4.00. The fraction of sp³-hybridized carbons (Fsp3) is 0.632. The molecule has 0 amide bonds. The number of pyridine rings is 1. The molecule has 2 heterocycles. The molecule has 0 spiro atoms. The van der Waals surface area contributed by atoms with Gasteiger partial charge in [-0.1, -0.05) is 0 Å². The van der Waals surface area contributed by atoms with Crippen LogP contribution in [-0.2, 0) is 23.7 Å². The van der Waals surface area contributed by atoms with Crippen molar-refractivity contribution in [2.75, 3.05) is 67.0 Å². The number of carbonyl (C=O) groups excluding carboxylic acids is 1. The lowest BCUT2D eigenvalue weighted by atomic mass is 10.3. The zero-order chi connectivity index (χ0) is 21.1. The first-order valence-corrected chi connectivity index (χ1v) is 9.49. The van der Waals surface area contributed by atoms with Gasteiger partial charge in [-0.05, 0) is 6.92 Å². The van der Waals surface area contributed by atoms with Crippen molar-refractivity contribution in [3.8, 4) is 11.5 Å². The van der Waals surface area contributed by atoms with E-state index in [1.165, 1.54) is 12.3 Å². The van der Waals surface area contributed by atoms with Gasteiger partial charge in [0.2, 0.25) is 0 Å². The summed E-state index contributed by atoms with van der Waals surface area (Å²) in [5.41, 5.74) is 0.288. The highest BCUT2D eigenvalue weighted by molar-refractivity contribution is 6.02. The Labute approximate surface area is 170 Å². The number of rotatable bonds is 13. The van der Waals surface area contributed by atoms with Gasteiger partial charge in [0.15, 0.2) is 11.9 Å². The van der Waals surface area contributed by atoms with Gasteiger partial charge in [-0.3, -0.25) is 0 Å². The average Bonchev–Trinajstić information content (AvgIpc) is 3.08. The van der Waals surface area contributed by atoms with E-state index >= 15 is 0 Å². The minimum atomic E-state index is -0.622. The molecule has 0 saturated heterocycles. The Morgan fingerprint density at radius 1 is 1.21 bits per heavy atom. The third-order valence-electron chi connectivity index (χ3n) is 4.00. The van der Waals surface area contributed by atoms with Gasteiger partial charge in [0, 0.05) is 20.2 Å². The molecule has 29 heavy (non-hydrogen) atoms. The zero-order valence-corrected chi connectivity index (χ0v) is 17.1. The molecule has 1 aromatic heterocycles. The fourth-order valence-corrected chi connectivity index (χ4v) is 2.61. The van der Waals surface area contributed by atoms with E-state index in [2.05, 4.69) is 9.98 Å². The second-order valence-electron chi connectivity index (χ2n) is 6.21. The topological polar surface area (TPSA) is 112 Å². The summed E-state index contributed by atoms with van der Waals surface area (Å²) < 4.78 is 26.1. The largest absolute Gasteiger partial charge is 0.505 e. The number of methoxy groups -OCH3 is 1. The number of hydrogen-bond donors (Lipinski definition) is 1. The lowest BCUT2D eigenvalue weighted by molar-refractivity contribution is -0.144. The van der Waals surface area contributed by atoms with E-state index in [1.807, 2.05) is 0 Å². The van der Waals surface area contributed by atoms with Gasteiger partial charge in [-0.25, -0.2) is 14.8 Å². The molecule has 0 aliphatic carbocycles. The van der Waals surface area contributed by atoms with Crippen molar-refractivity contribution in [1.29, 1.82) is 0 Å². The lowest BCUT2D eigenvalue weighted by Crippen LogP contribution is -2.30. The maximum atomic E-state index is 11.9. The normalized spacial score (nSPS) is 16.0. The molecule has 0 unspecified atom stereocenters. The SMILES string of the molecule is CCOC(=O)[C@H]1CN(C)C(c2ncc(OCCOCCOCCOC)cc2O)=N1. The second-order valence-corrected chi connectivity index (χ2v) is 6.21. The first-order chi connectivity index (χ1) is 14.1. The quantitative estimate of drug-likeness (QED) is 0.366. The maximum Gasteiger partial charge on any atom is 0.332 e. The highest BCUT2D eigenvalue weighted by Crippen LogP contribution is 2.25. The number of esters is 1. The van der Waals surface area contributed by atoms with Gasteiger partial charge in [0.05, 0.1) is 52.4 Å². The third kappa shape index (κ3) is 7.15. The van der Waals surface area contributed by atoms with Gasteiger partial charge < -0.3 is 33.7 Å². The molecular formula is C19H29N3O7. The predicted molar refractivity (Wildman–Crippen MR) is 104 cm³/mol. The van der Waals surface area contributed by atoms with Crippen molar-refractivity contribution in [3.05, 3.63) is 18.0 Å². The van der Waals surface area contributed by atoms with E-state index in [9.17, 15) is 9.90 Å². The van der Waals surface area contributed by atoms with E-state index in [1.54, 1.807) is 26.0 Å². The second kappa shape index (κ2) is 12.2. The highest BCUT2D eigenvalue weighted by Gasteiger charge is 2.31. The molecule has 1 aliphatic rings.